The zero-order chi connectivity index (χ0) is 11.8. The third kappa shape index (κ3) is 2.44. The van der Waals surface area contributed by atoms with Gasteiger partial charge in [0.05, 0.1) is 6.20 Å². The van der Waals surface area contributed by atoms with Gasteiger partial charge in [0.15, 0.2) is 0 Å². The molecular weight excluding hydrogens is 221 g/mol. The van der Waals surface area contributed by atoms with E-state index in [1.807, 2.05) is 0 Å². The van der Waals surface area contributed by atoms with E-state index in [1.165, 1.54) is 6.07 Å². The van der Waals surface area contributed by atoms with E-state index in [1.54, 1.807) is 0 Å². The Balaban J connectivity index is 1.97. The number of nitrogens with two attached hydrogens (primary N) is 1. The lowest BCUT2D eigenvalue weighted by atomic mass is 9.90. The lowest BCUT2D eigenvalue weighted by Gasteiger charge is -2.32. The van der Waals surface area contributed by atoms with Crippen LogP contribution in [-0.4, -0.2) is 17.1 Å². The molecule has 1 heterocycles. The fourth-order valence-corrected chi connectivity index (χ4v) is 1.51. The Morgan fingerprint density at radius 1 is 1.31 bits per heavy atom. The first-order chi connectivity index (χ1) is 7.45. The van der Waals surface area contributed by atoms with Gasteiger partial charge in [0.2, 0.25) is 0 Å². The highest BCUT2D eigenvalue weighted by Crippen LogP contribution is 2.29. The second-order valence-electron chi connectivity index (χ2n) is 3.85. The van der Waals surface area contributed by atoms with Crippen molar-refractivity contribution in [3.63, 3.8) is 0 Å². The molecule has 1 saturated carbocycles. The first kappa shape index (κ1) is 11.2. The van der Waals surface area contributed by atoms with Crippen LogP contribution in [0.25, 0.3) is 0 Å². The van der Waals surface area contributed by atoms with Gasteiger partial charge in [0, 0.05) is 6.04 Å². The van der Waals surface area contributed by atoms with Gasteiger partial charge in [-0.05, 0) is 25.0 Å². The normalized spacial score (nSPS) is 25.0. The minimum atomic E-state index is -4.41. The molecule has 0 spiro atoms. The zero-order valence-electron chi connectivity index (χ0n) is 8.37. The third-order valence-electron chi connectivity index (χ3n) is 2.46. The molecule has 0 bridgehead atoms. The summed E-state index contributed by atoms with van der Waals surface area (Å²) >= 11 is 0. The van der Waals surface area contributed by atoms with E-state index in [0.717, 1.165) is 25.1 Å². The minimum absolute atomic E-state index is 0.00790. The molecule has 0 aliphatic heterocycles. The second kappa shape index (κ2) is 3.93. The quantitative estimate of drug-likeness (QED) is 0.848. The van der Waals surface area contributed by atoms with Gasteiger partial charge in [-0.15, -0.1) is 0 Å². The number of hydrogen-bond donors (Lipinski definition) is 1. The maximum atomic E-state index is 12.2. The molecule has 1 aromatic rings. The minimum Gasteiger partial charge on any atom is -0.489 e. The average molecular weight is 232 g/mol. The smallest absolute Gasteiger partial charge is 0.433 e. The highest BCUT2D eigenvalue weighted by Gasteiger charge is 2.32. The number of nitrogens with zero attached hydrogens (tertiary/aromatic N) is 1. The molecule has 6 heteroatoms. The number of aromatic nitrogens is 1. The Morgan fingerprint density at radius 3 is 2.44 bits per heavy atom. The molecule has 0 saturated heterocycles. The van der Waals surface area contributed by atoms with E-state index in [4.69, 9.17) is 10.5 Å². The molecule has 1 fully saturated rings. The number of alkyl halides is 3. The standard InChI is InChI=1S/C10H11F3N2O/c11-10(12,13)9-2-1-7(5-15-9)16-8-3-6(14)4-8/h1-2,5-6,8H,3-4,14H2/t6-,8-. The van der Waals surface area contributed by atoms with E-state index in [2.05, 4.69) is 4.98 Å². The van der Waals surface area contributed by atoms with Crippen molar-refractivity contribution in [2.24, 2.45) is 5.73 Å². The van der Waals surface area contributed by atoms with Gasteiger partial charge in [0.1, 0.15) is 17.5 Å². The van der Waals surface area contributed by atoms with Crippen LogP contribution < -0.4 is 10.5 Å². The molecule has 2 rings (SSSR count). The highest BCUT2D eigenvalue weighted by atomic mass is 19.4. The van der Waals surface area contributed by atoms with Crippen LogP contribution in [-0.2, 0) is 6.18 Å². The van der Waals surface area contributed by atoms with Crippen molar-refractivity contribution in [3.8, 4) is 5.75 Å². The molecule has 1 aromatic heterocycles. The first-order valence-corrected chi connectivity index (χ1v) is 4.90. The maximum Gasteiger partial charge on any atom is 0.433 e. The summed E-state index contributed by atoms with van der Waals surface area (Å²) in [5.74, 6) is 0.352. The molecule has 0 atom stereocenters. The van der Waals surface area contributed by atoms with Crippen molar-refractivity contribution in [2.45, 2.75) is 31.2 Å². The fraction of sp³-hybridized carbons (Fsp3) is 0.500. The van der Waals surface area contributed by atoms with Crippen LogP contribution >= 0.6 is 0 Å². The fourth-order valence-electron chi connectivity index (χ4n) is 1.51. The average Bonchev–Trinajstić information content (AvgIpc) is 2.15. The van der Waals surface area contributed by atoms with E-state index >= 15 is 0 Å². The molecule has 16 heavy (non-hydrogen) atoms. The van der Waals surface area contributed by atoms with Crippen molar-refractivity contribution < 1.29 is 17.9 Å². The van der Waals surface area contributed by atoms with Gasteiger partial charge in [-0.1, -0.05) is 0 Å². The predicted molar refractivity (Wildman–Crippen MR) is 50.9 cm³/mol. The van der Waals surface area contributed by atoms with Crippen LogP contribution in [0.15, 0.2) is 18.3 Å². The Labute approximate surface area is 90.4 Å². The number of pyridine rings is 1. The summed E-state index contributed by atoms with van der Waals surface area (Å²) in [5, 5.41) is 0. The van der Waals surface area contributed by atoms with E-state index < -0.39 is 11.9 Å². The number of ether oxygens (including phenoxy) is 1. The molecule has 88 valence electrons. The Morgan fingerprint density at radius 2 is 2.00 bits per heavy atom. The molecule has 0 aromatic carbocycles. The maximum absolute atomic E-state index is 12.2. The van der Waals surface area contributed by atoms with E-state index in [9.17, 15) is 13.2 Å². The van der Waals surface area contributed by atoms with Crippen molar-refractivity contribution in [1.82, 2.24) is 4.98 Å². The summed E-state index contributed by atoms with van der Waals surface area (Å²) in [6, 6.07) is 2.33. The van der Waals surface area contributed by atoms with Gasteiger partial charge < -0.3 is 10.5 Å². The molecule has 2 N–H and O–H groups in total. The Kier molecular flexibility index (Phi) is 2.75. The molecular formula is C10H11F3N2O. The lowest BCUT2D eigenvalue weighted by Crippen LogP contribution is -2.43. The summed E-state index contributed by atoms with van der Waals surface area (Å²) in [6.45, 7) is 0. The number of rotatable bonds is 2. The van der Waals surface area contributed by atoms with Gasteiger partial charge in [0.25, 0.3) is 0 Å². The summed E-state index contributed by atoms with van der Waals surface area (Å²) in [4.78, 5) is 3.30. The SMILES string of the molecule is N[C@H]1C[C@H](Oc2ccc(C(F)(F)F)nc2)C1. The van der Waals surface area contributed by atoms with Crippen LogP contribution in [0.3, 0.4) is 0 Å². The molecule has 3 nitrogen and oxygen atoms in total. The molecule has 0 amide bonds. The van der Waals surface area contributed by atoms with Crippen LogP contribution in [0.2, 0.25) is 0 Å². The topological polar surface area (TPSA) is 48.1 Å². The monoisotopic (exact) mass is 232 g/mol. The summed E-state index contributed by atoms with van der Waals surface area (Å²) in [5.41, 5.74) is 4.65. The van der Waals surface area contributed by atoms with Crippen LogP contribution in [0.1, 0.15) is 18.5 Å². The summed E-state index contributed by atoms with van der Waals surface area (Å²) < 4.78 is 42.0. The van der Waals surface area contributed by atoms with Crippen molar-refractivity contribution in [2.75, 3.05) is 0 Å². The molecule has 1 aliphatic carbocycles. The number of halogens is 3. The summed E-state index contributed by atoms with van der Waals surface area (Å²) in [6.07, 6.45) is -1.83. The van der Waals surface area contributed by atoms with Gasteiger partial charge in [-0.2, -0.15) is 13.2 Å². The van der Waals surface area contributed by atoms with E-state index in [-0.39, 0.29) is 12.1 Å². The molecule has 0 unspecified atom stereocenters. The largest absolute Gasteiger partial charge is 0.489 e. The Bertz CT molecular complexity index is 357. The van der Waals surface area contributed by atoms with Crippen molar-refractivity contribution in [3.05, 3.63) is 24.0 Å². The van der Waals surface area contributed by atoms with Gasteiger partial charge in [-0.25, -0.2) is 4.98 Å². The van der Waals surface area contributed by atoms with Gasteiger partial charge in [-0.3, -0.25) is 0 Å². The van der Waals surface area contributed by atoms with Crippen LogP contribution in [0, 0.1) is 0 Å². The van der Waals surface area contributed by atoms with E-state index in [0.29, 0.717) is 5.75 Å². The second-order valence-corrected chi connectivity index (χ2v) is 3.85. The van der Waals surface area contributed by atoms with Crippen LogP contribution in [0.4, 0.5) is 13.2 Å². The number of hydrogen-bond acceptors (Lipinski definition) is 3. The lowest BCUT2D eigenvalue weighted by molar-refractivity contribution is -0.141. The van der Waals surface area contributed by atoms with Crippen molar-refractivity contribution in [1.29, 1.82) is 0 Å². The highest BCUT2D eigenvalue weighted by molar-refractivity contribution is 5.21. The Hall–Kier alpha value is -1.30. The first-order valence-electron chi connectivity index (χ1n) is 4.90. The van der Waals surface area contributed by atoms with Crippen molar-refractivity contribution >= 4 is 0 Å². The third-order valence-corrected chi connectivity index (χ3v) is 2.46. The summed E-state index contributed by atoms with van der Waals surface area (Å²) in [7, 11) is 0. The predicted octanol–water partition coefficient (Wildman–Crippen LogP) is 1.97. The molecule has 1 aliphatic rings. The zero-order valence-corrected chi connectivity index (χ0v) is 8.37. The van der Waals surface area contributed by atoms with Gasteiger partial charge >= 0.3 is 6.18 Å². The van der Waals surface area contributed by atoms with Crippen LogP contribution in [0.5, 0.6) is 5.75 Å². The molecule has 0 radical (unpaired) electrons.